The Kier molecular flexibility index (Phi) is 4.93. The molecule has 100 valence electrons. The van der Waals surface area contributed by atoms with Crippen molar-refractivity contribution in [3.63, 3.8) is 0 Å². The number of nitrogens with two attached hydrogens (primary N) is 1. The van der Waals surface area contributed by atoms with Crippen LogP contribution in [-0.2, 0) is 0 Å². The van der Waals surface area contributed by atoms with Gasteiger partial charge in [-0.25, -0.2) is 0 Å². The summed E-state index contributed by atoms with van der Waals surface area (Å²) in [5.74, 6) is 0. The molecule has 2 rings (SSSR count). The van der Waals surface area contributed by atoms with Gasteiger partial charge >= 0.3 is 0 Å². The molecule has 0 bridgehead atoms. The van der Waals surface area contributed by atoms with Gasteiger partial charge in [0.05, 0.1) is 6.04 Å². The minimum Gasteiger partial charge on any atom is -0.389 e. The van der Waals surface area contributed by atoms with Crippen molar-refractivity contribution in [3.05, 3.63) is 52.2 Å². The molecule has 1 aromatic heterocycles. The van der Waals surface area contributed by atoms with E-state index in [0.29, 0.717) is 11.0 Å². The number of para-hydroxylation sites is 1. The Balaban J connectivity index is 2.25. The average Bonchev–Trinajstić information content (AvgIpc) is 2.92. The number of anilines is 1. The first kappa shape index (κ1) is 14.0. The van der Waals surface area contributed by atoms with Gasteiger partial charge in [-0.05, 0) is 30.0 Å². The largest absolute Gasteiger partial charge is 0.389 e. The van der Waals surface area contributed by atoms with Gasteiger partial charge in [-0.2, -0.15) is 0 Å². The van der Waals surface area contributed by atoms with E-state index in [9.17, 15) is 0 Å². The van der Waals surface area contributed by atoms with Crippen molar-refractivity contribution in [1.82, 2.24) is 0 Å². The van der Waals surface area contributed by atoms with Crippen LogP contribution in [0, 0.1) is 0 Å². The second-order valence-electron chi connectivity index (χ2n) is 4.41. The summed E-state index contributed by atoms with van der Waals surface area (Å²) in [6.45, 7) is 2.20. The number of thiocarbonyl (C=S) groups is 1. The number of hydrogen-bond acceptors (Lipinski definition) is 3. The van der Waals surface area contributed by atoms with E-state index < -0.39 is 0 Å². The zero-order chi connectivity index (χ0) is 13.7. The number of rotatable bonds is 6. The molecular formula is C15H18N2S2. The lowest BCUT2D eigenvalue weighted by Crippen LogP contribution is -2.16. The van der Waals surface area contributed by atoms with Gasteiger partial charge in [0.25, 0.3) is 0 Å². The Morgan fingerprint density at radius 3 is 2.74 bits per heavy atom. The first-order chi connectivity index (χ1) is 9.22. The van der Waals surface area contributed by atoms with Crippen LogP contribution in [0.3, 0.4) is 0 Å². The van der Waals surface area contributed by atoms with Crippen LogP contribution in [0.2, 0.25) is 0 Å². The van der Waals surface area contributed by atoms with E-state index in [4.69, 9.17) is 18.0 Å². The number of nitrogens with one attached hydrogen (secondary N) is 1. The van der Waals surface area contributed by atoms with E-state index >= 15 is 0 Å². The molecule has 0 aliphatic heterocycles. The van der Waals surface area contributed by atoms with Crippen molar-refractivity contribution in [2.45, 2.75) is 25.8 Å². The summed E-state index contributed by atoms with van der Waals surface area (Å²) in [6.07, 6.45) is 2.22. The van der Waals surface area contributed by atoms with Gasteiger partial charge in [0.15, 0.2) is 0 Å². The molecular weight excluding hydrogens is 272 g/mol. The van der Waals surface area contributed by atoms with E-state index in [1.165, 1.54) is 4.88 Å². The first-order valence-corrected chi connectivity index (χ1v) is 7.70. The predicted molar refractivity (Wildman–Crippen MR) is 87.9 cm³/mol. The van der Waals surface area contributed by atoms with E-state index in [2.05, 4.69) is 29.8 Å². The SMILES string of the molecule is CCCC(Nc1ccccc1C(N)=S)c1cccs1. The number of thiophene rings is 1. The van der Waals surface area contributed by atoms with Gasteiger partial charge in [0.1, 0.15) is 4.99 Å². The molecule has 2 nitrogen and oxygen atoms in total. The zero-order valence-corrected chi connectivity index (χ0v) is 12.6. The molecule has 0 fully saturated rings. The summed E-state index contributed by atoms with van der Waals surface area (Å²) >= 11 is 6.89. The molecule has 0 radical (unpaired) electrons. The van der Waals surface area contributed by atoms with Crippen molar-refractivity contribution in [2.75, 3.05) is 5.32 Å². The Morgan fingerprint density at radius 1 is 1.32 bits per heavy atom. The average molecular weight is 290 g/mol. The molecule has 1 unspecified atom stereocenters. The predicted octanol–water partition coefficient (Wildman–Crippen LogP) is 4.34. The molecule has 0 aliphatic carbocycles. The summed E-state index contributed by atoms with van der Waals surface area (Å²) in [6, 6.07) is 12.5. The van der Waals surface area contributed by atoms with Gasteiger partial charge in [-0.3, -0.25) is 0 Å². The van der Waals surface area contributed by atoms with Crippen LogP contribution in [0.1, 0.15) is 36.2 Å². The Bertz CT molecular complexity index is 535. The first-order valence-electron chi connectivity index (χ1n) is 6.41. The van der Waals surface area contributed by atoms with Crippen molar-refractivity contribution in [3.8, 4) is 0 Å². The molecule has 2 aromatic rings. The maximum atomic E-state index is 5.78. The summed E-state index contributed by atoms with van der Waals surface area (Å²) in [4.78, 5) is 1.78. The van der Waals surface area contributed by atoms with E-state index in [0.717, 1.165) is 24.1 Å². The summed E-state index contributed by atoms with van der Waals surface area (Å²) in [7, 11) is 0. The number of hydrogen-bond donors (Lipinski definition) is 2. The van der Waals surface area contributed by atoms with Gasteiger partial charge in [0, 0.05) is 16.1 Å². The Morgan fingerprint density at radius 2 is 2.11 bits per heavy atom. The van der Waals surface area contributed by atoms with Crippen molar-refractivity contribution < 1.29 is 0 Å². The third kappa shape index (κ3) is 3.55. The fourth-order valence-corrected chi connectivity index (χ4v) is 3.07. The van der Waals surface area contributed by atoms with E-state index in [1.54, 1.807) is 11.3 Å². The minimum absolute atomic E-state index is 0.320. The van der Waals surface area contributed by atoms with Crippen LogP contribution in [0.15, 0.2) is 41.8 Å². The van der Waals surface area contributed by atoms with Crippen LogP contribution in [0.5, 0.6) is 0 Å². The molecule has 3 N–H and O–H groups in total. The molecule has 0 spiro atoms. The zero-order valence-electron chi connectivity index (χ0n) is 10.9. The second kappa shape index (κ2) is 6.68. The quantitative estimate of drug-likeness (QED) is 0.777. The lowest BCUT2D eigenvalue weighted by atomic mass is 10.1. The smallest absolute Gasteiger partial charge is 0.106 e. The summed E-state index contributed by atoms with van der Waals surface area (Å²) in [5, 5.41) is 5.69. The van der Waals surface area contributed by atoms with Gasteiger partial charge in [-0.15, -0.1) is 11.3 Å². The molecule has 1 aromatic carbocycles. The molecule has 19 heavy (non-hydrogen) atoms. The highest BCUT2D eigenvalue weighted by molar-refractivity contribution is 7.80. The lowest BCUT2D eigenvalue weighted by Gasteiger charge is -2.20. The molecule has 0 aliphatic rings. The molecule has 1 atom stereocenters. The third-order valence-electron chi connectivity index (χ3n) is 2.99. The summed E-state index contributed by atoms with van der Waals surface area (Å²) in [5.41, 5.74) is 7.70. The Hall–Kier alpha value is -1.39. The summed E-state index contributed by atoms with van der Waals surface area (Å²) < 4.78 is 0. The minimum atomic E-state index is 0.320. The van der Waals surface area contributed by atoms with Crippen molar-refractivity contribution in [2.24, 2.45) is 5.73 Å². The fourth-order valence-electron chi connectivity index (χ4n) is 2.08. The molecule has 4 heteroatoms. The molecule has 0 amide bonds. The Labute approximate surface area is 123 Å². The van der Waals surface area contributed by atoms with Crippen LogP contribution in [-0.4, -0.2) is 4.99 Å². The standard InChI is InChI=1S/C15H18N2S2/c1-2-6-13(14-9-5-10-19-14)17-12-8-4-3-7-11(12)15(16)18/h3-5,7-10,13,17H,2,6H2,1H3,(H2,16,18). The normalized spacial score (nSPS) is 12.1. The van der Waals surface area contributed by atoms with Crippen LogP contribution in [0.4, 0.5) is 5.69 Å². The number of benzene rings is 1. The van der Waals surface area contributed by atoms with Crippen LogP contribution >= 0.6 is 23.6 Å². The monoisotopic (exact) mass is 290 g/mol. The van der Waals surface area contributed by atoms with Gasteiger partial charge in [0.2, 0.25) is 0 Å². The van der Waals surface area contributed by atoms with Gasteiger partial charge in [-0.1, -0.05) is 43.8 Å². The van der Waals surface area contributed by atoms with Crippen molar-refractivity contribution >= 4 is 34.2 Å². The molecule has 0 saturated heterocycles. The fraction of sp³-hybridized carbons (Fsp3) is 0.267. The van der Waals surface area contributed by atoms with E-state index in [1.807, 2.05) is 24.3 Å². The highest BCUT2D eigenvalue weighted by atomic mass is 32.1. The molecule has 1 heterocycles. The maximum absolute atomic E-state index is 5.78. The topological polar surface area (TPSA) is 38.0 Å². The van der Waals surface area contributed by atoms with Gasteiger partial charge < -0.3 is 11.1 Å². The highest BCUT2D eigenvalue weighted by Gasteiger charge is 2.13. The lowest BCUT2D eigenvalue weighted by molar-refractivity contribution is 0.687. The highest BCUT2D eigenvalue weighted by Crippen LogP contribution is 2.28. The van der Waals surface area contributed by atoms with Crippen LogP contribution in [0.25, 0.3) is 0 Å². The molecule has 0 saturated carbocycles. The van der Waals surface area contributed by atoms with Crippen LogP contribution < -0.4 is 11.1 Å². The van der Waals surface area contributed by atoms with Crippen molar-refractivity contribution in [1.29, 1.82) is 0 Å². The maximum Gasteiger partial charge on any atom is 0.106 e. The van der Waals surface area contributed by atoms with E-state index in [-0.39, 0.29) is 0 Å². The third-order valence-corrected chi connectivity index (χ3v) is 4.19. The second-order valence-corrected chi connectivity index (χ2v) is 5.83.